The Morgan fingerprint density at radius 2 is 1.94 bits per heavy atom. The van der Waals surface area contributed by atoms with Gasteiger partial charge in [-0.15, -0.1) is 0 Å². The van der Waals surface area contributed by atoms with Crippen LogP contribution in [0.5, 0.6) is 11.5 Å². The van der Waals surface area contributed by atoms with E-state index in [2.05, 4.69) is 9.97 Å². The van der Waals surface area contributed by atoms with Gasteiger partial charge in [0.25, 0.3) is 0 Å². The molecule has 94 valence electrons. The van der Waals surface area contributed by atoms with Crippen LogP contribution < -0.4 is 4.74 Å². The molecule has 0 aliphatic carbocycles. The van der Waals surface area contributed by atoms with Gasteiger partial charge in [0.1, 0.15) is 5.75 Å². The van der Waals surface area contributed by atoms with Crippen LogP contribution in [-0.2, 0) is 6.18 Å². The summed E-state index contributed by atoms with van der Waals surface area (Å²) in [7, 11) is 0. The number of nitrogens with zero attached hydrogens (tertiary/aromatic N) is 1. The number of alkyl halides is 3. The predicted octanol–water partition coefficient (Wildman–Crippen LogP) is 3.95. The lowest BCUT2D eigenvalue weighted by atomic mass is 10.2. The molecular weight excluding hydrogens is 265 g/mol. The molecule has 0 fully saturated rings. The lowest BCUT2D eigenvalue weighted by Crippen LogP contribution is -2.06. The first-order valence-electron chi connectivity index (χ1n) is 4.85. The summed E-state index contributed by atoms with van der Waals surface area (Å²) < 4.78 is 43.4. The third-order valence-electron chi connectivity index (χ3n) is 2.07. The number of hydrogen-bond acceptors (Lipinski definition) is 3. The van der Waals surface area contributed by atoms with Gasteiger partial charge in [0, 0.05) is 6.20 Å². The van der Waals surface area contributed by atoms with Crippen LogP contribution in [0.25, 0.3) is 0 Å². The smallest absolute Gasteiger partial charge is 0.419 e. The zero-order valence-corrected chi connectivity index (χ0v) is 9.68. The van der Waals surface area contributed by atoms with Gasteiger partial charge in [0.15, 0.2) is 10.5 Å². The highest BCUT2D eigenvalue weighted by molar-refractivity contribution is 7.71. The van der Waals surface area contributed by atoms with Gasteiger partial charge in [-0.3, -0.25) is 0 Å². The normalized spacial score (nSPS) is 11.3. The summed E-state index contributed by atoms with van der Waals surface area (Å²) in [5, 5.41) is 0. The van der Waals surface area contributed by atoms with Crippen LogP contribution >= 0.6 is 12.2 Å². The Morgan fingerprint density at radius 3 is 2.56 bits per heavy atom. The molecule has 2 rings (SSSR count). The molecule has 7 heteroatoms. The number of benzene rings is 1. The molecule has 1 aromatic carbocycles. The molecule has 0 aliphatic heterocycles. The SMILES string of the molecule is FC(F)(F)c1ccccc1Oc1cnc(=S)[nH]c1. The number of para-hydroxylation sites is 1. The van der Waals surface area contributed by atoms with Crippen molar-refractivity contribution < 1.29 is 17.9 Å². The first-order chi connectivity index (χ1) is 8.47. The van der Waals surface area contributed by atoms with Crippen molar-refractivity contribution in [2.45, 2.75) is 6.18 Å². The molecule has 3 nitrogen and oxygen atoms in total. The zero-order valence-electron chi connectivity index (χ0n) is 8.86. The van der Waals surface area contributed by atoms with E-state index in [4.69, 9.17) is 17.0 Å². The Bertz CT molecular complexity index is 589. The molecule has 0 aliphatic rings. The van der Waals surface area contributed by atoms with Crippen LogP contribution in [0.15, 0.2) is 36.7 Å². The maximum atomic E-state index is 12.7. The fourth-order valence-corrected chi connectivity index (χ4v) is 1.41. The Labute approximate surface area is 105 Å². The second-order valence-corrected chi connectivity index (χ2v) is 3.74. The summed E-state index contributed by atoms with van der Waals surface area (Å²) in [6.45, 7) is 0. The molecule has 1 heterocycles. The van der Waals surface area contributed by atoms with Crippen molar-refractivity contribution in [1.82, 2.24) is 9.97 Å². The fraction of sp³-hybridized carbons (Fsp3) is 0.0909. The molecule has 0 radical (unpaired) electrons. The Balaban J connectivity index is 2.35. The largest absolute Gasteiger partial charge is 0.454 e. The number of ether oxygens (including phenoxy) is 1. The number of H-pyrrole nitrogens is 1. The van der Waals surface area contributed by atoms with Crippen LogP contribution in [-0.4, -0.2) is 9.97 Å². The van der Waals surface area contributed by atoms with Gasteiger partial charge in [0.05, 0.1) is 11.8 Å². The minimum atomic E-state index is -4.47. The lowest BCUT2D eigenvalue weighted by molar-refractivity contribution is -0.138. The predicted molar refractivity (Wildman–Crippen MR) is 60.9 cm³/mol. The summed E-state index contributed by atoms with van der Waals surface area (Å²) in [6, 6.07) is 4.95. The monoisotopic (exact) mass is 272 g/mol. The van der Waals surface area contributed by atoms with E-state index in [9.17, 15) is 13.2 Å². The molecule has 0 atom stereocenters. The number of hydrogen-bond donors (Lipinski definition) is 1. The van der Waals surface area contributed by atoms with E-state index in [1.807, 2.05) is 0 Å². The molecule has 0 amide bonds. The van der Waals surface area contributed by atoms with Crippen molar-refractivity contribution >= 4 is 12.2 Å². The summed E-state index contributed by atoms with van der Waals surface area (Å²) in [6.07, 6.45) is -1.86. The minimum absolute atomic E-state index is 0.153. The van der Waals surface area contributed by atoms with Gasteiger partial charge in [-0.2, -0.15) is 13.2 Å². The second-order valence-electron chi connectivity index (χ2n) is 3.35. The van der Waals surface area contributed by atoms with E-state index < -0.39 is 11.7 Å². The third kappa shape index (κ3) is 2.86. The highest BCUT2D eigenvalue weighted by atomic mass is 32.1. The molecule has 0 saturated heterocycles. The van der Waals surface area contributed by atoms with Gasteiger partial charge >= 0.3 is 6.18 Å². The standard InChI is InChI=1S/C11H7F3N2OS/c12-11(13,14)8-3-1-2-4-9(8)17-7-5-15-10(18)16-6-7/h1-6H,(H,15,16,18). The molecular formula is C11H7F3N2OS. The molecule has 1 N–H and O–H groups in total. The average molecular weight is 272 g/mol. The molecule has 1 aromatic heterocycles. The van der Waals surface area contributed by atoms with Gasteiger partial charge in [-0.25, -0.2) is 4.98 Å². The molecule has 0 saturated carbocycles. The first kappa shape index (κ1) is 12.6. The van der Waals surface area contributed by atoms with Crippen molar-refractivity contribution in [1.29, 1.82) is 0 Å². The second kappa shape index (κ2) is 4.77. The van der Waals surface area contributed by atoms with E-state index in [0.29, 0.717) is 0 Å². The van der Waals surface area contributed by atoms with E-state index in [-0.39, 0.29) is 16.3 Å². The summed E-state index contributed by atoms with van der Waals surface area (Å²) in [5.74, 6) is -0.127. The fourth-order valence-electron chi connectivity index (χ4n) is 1.30. The first-order valence-corrected chi connectivity index (χ1v) is 5.26. The van der Waals surface area contributed by atoms with Gasteiger partial charge in [0.2, 0.25) is 0 Å². The minimum Gasteiger partial charge on any atom is -0.454 e. The highest BCUT2D eigenvalue weighted by Gasteiger charge is 2.34. The van der Waals surface area contributed by atoms with Crippen molar-refractivity contribution in [2.24, 2.45) is 0 Å². The molecule has 0 bridgehead atoms. The number of aromatic nitrogens is 2. The Morgan fingerprint density at radius 1 is 1.22 bits per heavy atom. The van der Waals surface area contributed by atoms with E-state index in [1.165, 1.54) is 30.6 Å². The molecule has 0 unspecified atom stereocenters. The molecule has 18 heavy (non-hydrogen) atoms. The van der Waals surface area contributed by atoms with Crippen molar-refractivity contribution in [2.75, 3.05) is 0 Å². The average Bonchev–Trinajstić information content (AvgIpc) is 2.31. The van der Waals surface area contributed by atoms with Crippen LogP contribution in [0.1, 0.15) is 5.56 Å². The van der Waals surface area contributed by atoms with Crippen LogP contribution in [0, 0.1) is 4.77 Å². The third-order valence-corrected chi connectivity index (χ3v) is 2.29. The quantitative estimate of drug-likeness (QED) is 0.841. The molecule has 2 aromatic rings. The van der Waals surface area contributed by atoms with E-state index >= 15 is 0 Å². The molecule has 0 spiro atoms. The topological polar surface area (TPSA) is 37.9 Å². The number of nitrogens with one attached hydrogen (secondary N) is 1. The van der Waals surface area contributed by atoms with Crippen LogP contribution in [0.3, 0.4) is 0 Å². The van der Waals surface area contributed by atoms with Gasteiger partial charge in [-0.05, 0) is 24.4 Å². The maximum absolute atomic E-state index is 12.7. The number of rotatable bonds is 2. The van der Waals surface area contributed by atoms with Crippen molar-refractivity contribution in [3.8, 4) is 11.5 Å². The highest BCUT2D eigenvalue weighted by Crippen LogP contribution is 2.37. The van der Waals surface area contributed by atoms with Crippen LogP contribution in [0.2, 0.25) is 0 Å². The Hall–Kier alpha value is -1.89. The zero-order chi connectivity index (χ0) is 13.2. The number of halogens is 3. The van der Waals surface area contributed by atoms with Crippen LogP contribution in [0.4, 0.5) is 13.2 Å². The van der Waals surface area contributed by atoms with Crippen molar-refractivity contribution in [3.05, 3.63) is 47.0 Å². The maximum Gasteiger partial charge on any atom is 0.419 e. The summed E-state index contributed by atoms with van der Waals surface area (Å²) in [4.78, 5) is 6.30. The van der Waals surface area contributed by atoms with Crippen molar-refractivity contribution in [3.63, 3.8) is 0 Å². The van der Waals surface area contributed by atoms with E-state index in [1.54, 1.807) is 0 Å². The number of aromatic amines is 1. The Kier molecular flexibility index (Phi) is 3.33. The van der Waals surface area contributed by atoms with E-state index in [0.717, 1.165) is 6.07 Å². The van der Waals surface area contributed by atoms with Gasteiger partial charge in [-0.1, -0.05) is 12.1 Å². The summed E-state index contributed by atoms with van der Waals surface area (Å²) >= 11 is 4.72. The lowest BCUT2D eigenvalue weighted by Gasteiger charge is -2.12. The van der Waals surface area contributed by atoms with Gasteiger partial charge < -0.3 is 9.72 Å². The summed E-state index contributed by atoms with van der Waals surface area (Å²) in [5.41, 5.74) is -0.840.